The third-order valence-electron chi connectivity index (χ3n) is 15.8. The molecule has 452 valence electrons. The van der Waals surface area contributed by atoms with Crippen LogP contribution in [0.3, 0.4) is 0 Å². The number of unbranched alkanes of at least 4 members (excludes halogenated alkanes) is 2. The Morgan fingerprint density at radius 3 is 1.57 bits per heavy atom. The molecule has 2 aromatic rings. The molecule has 4 aliphatic rings. The van der Waals surface area contributed by atoms with E-state index in [9.17, 15) is 35.0 Å². The number of ether oxygens (including phenoxy) is 13. The van der Waals surface area contributed by atoms with Crippen molar-refractivity contribution < 1.29 is 85.6 Å². The zero-order chi connectivity index (χ0) is 59.6. The van der Waals surface area contributed by atoms with E-state index >= 15 is 0 Å². The van der Waals surface area contributed by atoms with Crippen LogP contribution < -0.4 is 0 Å². The first-order chi connectivity index (χ1) is 39.4. The van der Waals surface area contributed by atoms with Crippen molar-refractivity contribution in [2.75, 3.05) is 27.4 Å². The number of azide groups is 2. The van der Waals surface area contributed by atoms with Crippen LogP contribution in [-0.2, 0) is 93.9 Å². The molecule has 25 heteroatoms. The van der Waals surface area contributed by atoms with Crippen molar-refractivity contribution in [2.45, 2.75) is 200 Å². The molecule has 2 aromatic carbocycles. The highest BCUT2D eigenvalue weighted by atomic mass is 16.8. The van der Waals surface area contributed by atoms with E-state index in [1.165, 1.54) is 28.1 Å². The predicted molar refractivity (Wildman–Crippen MR) is 290 cm³/mol. The number of hydrogen-bond donors (Lipinski definition) is 0. The standard InChI is InChI=1S/C57H81N7O18/c1-12-40-44(33(5)42(60-62-58)53(76-40)72-28-22-16-21-27-64(29-38-23-17-14-18-24-38)57(69)73-30-39-25-19-15-20-26-39)79-56-49(75-37(9)66)35(7)46(50(82-56)52(68)71-11)80-54-43(61-63-59)34(6)45(41(13-2)77-54)78-55-48(74-36(8)65)32(4)31(3)47(81-55)51(67)70-10/h14-15,17-20,23-26,31-35,40-50,53-56H,12-13,16,21-22,27-30H2,1-11H3/t31-,32?,33?,34?,35?,40-,41?,42?,43-,44-,45-,46-,47?,48-,49?,50+,53-,54+,55+,56+/m0/s1. The second kappa shape index (κ2) is 31.5. The molecule has 0 N–H and O–H groups in total. The maximum absolute atomic E-state index is 13.9. The first-order valence-corrected chi connectivity index (χ1v) is 28.2. The van der Waals surface area contributed by atoms with Crippen LogP contribution >= 0.6 is 0 Å². The van der Waals surface area contributed by atoms with Crippen molar-refractivity contribution in [3.63, 3.8) is 0 Å². The number of carbonyl (C=O) groups is 5. The first-order valence-electron chi connectivity index (χ1n) is 28.2. The van der Waals surface area contributed by atoms with E-state index in [0.29, 0.717) is 45.2 Å². The molecule has 0 aromatic heterocycles. The summed E-state index contributed by atoms with van der Waals surface area (Å²) in [5, 5.41) is 8.18. The largest absolute Gasteiger partial charge is 0.467 e. The van der Waals surface area contributed by atoms with Crippen LogP contribution in [0.5, 0.6) is 0 Å². The predicted octanol–water partition coefficient (Wildman–Crippen LogP) is 8.64. The van der Waals surface area contributed by atoms with Crippen LogP contribution in [0, 0.1) is 29.6 Å². The van der Waals surface area contributed by atoms with E-state index in [1.807, 2.05) is 88.4 Å². The van der Waals surface area contributed by atoms with Gasteiger partial charge in [0.1, 0.15) is 12.7 Å². The van der Waals surface area contributed by atoms with Crippen molar-refractivity contribution in [1.82, 2.24) is 4.90 Å². The summed E-state index contributed by atoms with van der Waals surface area (Å²) >= 11 is 0. The maximum Gasteiger partial charge on any atom is 0.410 e. The van der Waals surface area contributed by atoms with E-state index in [-0.39, 0.29) is 13.2 Å². The van der Waals surface area contributed by atoms with Crippen LogP contribution in [0.1, 0.15) is 106 Å². The van der Waals surface area contributed by atoms with Crippen molar-refractivity contribution in [3.05, 3.63) is 92.7 Å². The highest BCUT2D eigenvalue weighted by molar-refractivity contribution is 5.76. The van der Waals surface area contributed by atoms with Crippen LogP contribution in [0.4, 0.5) is 4.79 Å². The molecule has 1 amide bonds. The summed E-state index contributed by atoms with van der Waals surface area (Å²) in [4.78, 5) is 73.3. The number of benzene rings is 2. The number of carbonyl (C=O) groups excluding carboxylic acids is 5. The van der Waals surface area contributed by atoms with Gasteiger partial charge in [0.05, 0.1) is 50.7 Å². The van der Waals surface area contributed by atoms with Gasteiger partial charge in [-0.15, -0.1) is 0 Å². The molecule has 4 saturated heterocycles. The lowest BCUT2D eigenvalue weighted by molar-refractivity contribution is -0.356. The van der Waals surface area contributed by atoms with Crippen molar-refractivity contribution >= 4 is 30.0 Å². The highest BCUT2D eigenvalue weighted by Crippen LogP contribution is 2.42. The van der Waals surface area contributed by atoms with Crippen LogP contribution in [-0.4, -0.2) is 154 Å². The summed E-state index contributed by atoms with van der Waals surface area (Å²) in [7, 11) is 2.41. The molecule has 6 rings (SSSR count). The average molecular weight is 1150 g/mol. The number of amides is 1. The van der Waals surface area contributed by atoms with Gasteiger partial charge in [0.25, 0.3) is 0 Å². The Balaban J connectivity index is 1.14. The molecule has 4 fully saturated rings. The Morgan fingerprint density at radius 1 is 0.561 bits per heavy atom. The van der Waals surface area contributed by atoms with Crippen molar-refractivity contribution in [2.24, 2.45) is 39.8 Å². The molecular weight excluding hydrogens is 1070 g/mol. The van der Waals surface area contributed by atoms with Gasteiger partial charge in [0.15, 0.2) is 49.6 Å². The molecule has 0 radical (unpaired) electrons. The molecular formula is C57H81N7O18. The Morgan fingerprint density at radius 2 is 1.05 bits per heavy atom. The Hall–Kier alpha value is -6.11. The number of rotatable bonds is 25. The Bertz CT molecular complexity index is 2490. The summed E-state index contributed by atoms with van der Waals surface area (Å²) < 4.78 is 79.5. The van der Waals surface area contributed by atoms with Gasteiger partial charge in [-0.2, -0.15) is 0 Å². The Kier molecular flexibility index (Phi) is 25.0. The van der Waals surface area contributed by atoms with Gasteiger partial charge in [0.2, 0.25) is 0 Å². The van der Waals surface area contributed by atoms with Crippen LogP contribution in [0.15, 0.2) is 70.9 Å². The van der Waals surface area contributed by atoms with Crippen LogP contribution in [0.2, 0.25) is 0 Å². The molecule has 82 heavy (non-hydrogen) atoms. The average Bonchev–Trinajstić information content (AvgIpc) is 3.64. The second-order valence-corrected chi connectivity index (χ2v) is 21.3. The summed E-state index contributed by atoms with van der Waals surface area (Å²) in [5.41, 5.74) is 21.6. The normalized spacial score (nSPS) is 33.5. The third-order valence-corrected chi connectivity index (χ3v) is 15.8. The van der Waals surface area contributed by atoms with E-state index in [4.69, 9.17) is 61.6 Å². The molecule has 0 spiro atoms. The molecule has 8 unspecified atom stereocenters. The number of methoxy groups -OCH3 is 2. The lowest BCUT2D eigenvalue weighted by Gasteiger charge is -2.51. The van der Waals surface area contributed by atoms with E-state index in [1.54, 1.807) is 25.7 Å². The lowest BCUT2D eigenvalue weighted by atomic mass is 9.83. The number of nitrogens with zero attached hydrogens (tertiary/aromatic N) is 7. The maximum atomic E-state index is 13.9. The molecule has 25 nitrogen and oxygen atoms in total. The minimum Gasteiger partial charge on any atom is -0.467 e. The summed E-state index contributed by atoms with van der Waals surface area (Å²) in [6.07, 6.45) is -12.1. The smallest absolute Gasteiger partial charge is 0.410 e. The van der Waals surface area contributed by atoms with Gasteiger partial charge in [-0.1, -0.05) is 119 Å². The molecule has 0 saturated carbocycles. The van der Waals surface area contributed by atoms with Gasteiger partial charge >= 0.3 is 30.0 Å². The fraction of sp³-hybridized carbons (Fsp3) is 0.702. The monoisotopic (exact) mass is 1150 g/mol. The SMILES string of the molecule is CCC1O[C@H](O[C@H]2C(C)C(OC(C)=O)[C@H](O[C@H]3C(C)C(N=[N+]=[N-])[C@@H](OCCCCCN(Cc4ccccc4)C(=O)OCc4ccccc4)O[C@H]3CC)O[C@H]2C(=O)OC)[C@@H](N=[N+]=[N-])C(C)[C@@H]1O[C@@H]1OC(C(=O)OC)[C@@H](C)C(C)[C@@H]1OC(C)=O. The first kappa shape index (κ1) is 65.0. The molecule has 0 aliphatic carbocycles. The summed E-state index contributed by atoms with van der Waals surface area (Å²) in [6, 6.07) is 17.1. The minimum absolute atomic E-state index is 0.152. The number of esters is 4. The quantitative estimate of drug-likeness (QED) is 0.0224. The molecule has 4 aliphatic heterocycles. The van der Waals surface area contributed by atoms with Gasteiger partial charge in [-0.05, 0) is 72.0 Å². The topological polar surface area (TPSA) is 306 Å². The summed E-state index contributed by atoms with van der Waals surface area (Å²) in [5.74, 6) is -5.85. The molecule has 20 atom stereocenters. The second-order valence-electron chi connectivity index (χ2n) is 21.3. The zero-order valence-electron chi connectivity index (χ0n) is 48.7. The zero-order valence-corrected chi connectivity index (χ0v) is 48.7. The third kappa shape index (κ3) is 16.6. The van der Waals surface area contributed by atoms with Gasteiger partial charge in [-0.25, -0.2) is 14.4 Å². The van der Waals surface area contributed by atoms with Gasteiger partial charge in [0, 0.05) is 55.2 Å². The molecule has 0 bridgehead atoms. The van der Waals surface area contributed by atoms with Gasteiger partial charge in [-0.3, -0.25) is 9.59 Å². The lowest BCUT2D eigenvalue weighted by Crippen LogP contribution is -2.64. The fourth-order valence-corrected chi connectivity index (χ4v) is 11.1. The van der Waals surface area contributed by atoms with Crippen molar-refractivity contribution in [3.8, 4) is 0 Å². The van der Waals surface area contributed by atoms with Crippen molar-refractivity contribution in [1.29, 1.82) is 0 Å². The van der Waals surface area contributed by atoms with Crippen LogP contribution in [0.25, 0.3) is 20.9 Å². The van der Waals surface area contributed by atoms with Gasteiger partial charge < -0.3 is 66.5 Å². The fourth-order valence-electron chi connectivity index (χ4n) is 11.1. The highest BCUT2D eigenvalue weighted by Gasteiger charge is 2.57. The minimum atomic E-state index is -1.54. The summed E-state index contributed by atoms with van der Waals surface area (Å²) in [6.45, 7) is 16.2. The molecule has 4 heterocycles. The van der Waals surface area contributed by atoms with E-state index in [0.717, 1.165) is 11.1 Å². The Labute approximate surface area is 478 Å². The van der Waals surface area contributed by atoms with E-state index in [2.05, 4.69) is 20.1 Å². The number of hydrogen-bond acceptors (Lipinski definition) is 20. The van der Waals surface area contributed by atoms with E-state index < -0.39 is 152 Å².